The average molecular weight is 518 g/mol. The van der Waals surface area contributed by atoms with E-state index < -0.39 is 28.8 Å². The zero-order chi connectivity index (χ0) is 27.6. The van der Waals surface area contributed by atoms with Crippen LogP contribution in [0, 0.1) is 25.2 Å². The normalized spacial score (nSPS) is 11.2. The Kier molecular flexibility index (Phi) is 7.08. The van der Waals surface area contributed by atoms with Crippen LogP contribution in [0.25, 0.3) is 11.3 Å². The average Bonchev–Trinajstić information content (AvgIpc) is 2.86. The highest BCUT2D eigenvalue weighted by Gasteiger charge is 2.36. The van der Waals surface area contributed by atoms with E-state index in [1.807, 2.05) is 26.0 Å². The van der Waals surface area contributed by atoms with Gasteiger partial charge in [0.1, 0.15) is 23.1 Å². The maximum absolute atomic E-state index is 13.8. The van der Waals surface area contributed by atoms with Crippen molar-refractivity contribution in [2.45, 2.75) is 26.6 Å². The lowest BCUT2D eigenvalue weighted by atomic mass is 10.0. The summed E-state index contributed by atoms with van der Waals surface area (Å²) in [5.74, 6) is -0.356. The van der Waals surface area contributed by atoms with E-state index in [1.165, 1.54) is 59.2 Å². The number of halogens is 3. The molecule has 0 aliphatic carbocycles. The molecule has 0 spiro atoms. The van der Waals surface area contributed by atoms with Crippen LogP contribution in [-0.2, 0) is 12.7 Å². The summed E-state index contributed by atoms with van der Waals surface area (Å²) in [6.07, 6.45) is -4.90. The molecule has 38 heavy (non-hydrogen) atoms. The highest BCUT2D eigenvalue weighted by Crippen LogP contribution is 2.34. The van der Waals surface area contributed by atoms with Crippen LogP contribution in [0.4, 0.5) is 13.2 Å². The van der Waals surface area contributed by atoms with Crippen LogP contribution in [0.15, 0.2) is 77.6 Å². The summed E-state index contributed by atoms with van der Waals surface area (Å²) in [5.41, 5.74) is -0.295. The lowest BCUT2D eigenvalue weighted by molar-refractivity contribution is -0.137. The highest BCUT2D eigenvalue weighted by atomic mass is 19.4. The summed E-state index contributed by atoms with van der Waals surface area (Å²) in [6, 6.07) is 19.6. The van der Waals surface area contributed by atoms with Crippen molar-refractivity contribution in [3.63, 3.8) is 0 Å². The van der Waals surface area contributed by atoms with Gasteiger partial charge in [-0.25, -0.2) is 4.79 Å². The van der Waals surface area contributed by atoms with Gasteiger partial charge in [-0.15, -0.1) is 0 Å². The number of ether oxygens (including phenoxy) is 1. The molecule has 0 saturated heterocycles. The van der Waals surface area contributed by atoms with E-state index in [4.69, 9.17) is 9.84 Å². The number of rotatable bonds is 6. The number of aromatic carboxylic acids is 1. The predicted molar refractivity (Wildman–Crippen MR) is 134 cm³/mol. The SMILES string of the molecule is Cc1ccc(Cn2c(-c3ccc(Oc4ccc(C(=O)O)cc4)cc3)cc(C(F)(F)F)c(C#N)c2=O)c(C)c1. The molecule has 1 N–H and O–H groups in total. The Balaban J connectivity index is 1.78. The van der Waals surface area contributed by atoms with Gasteiger partial charge in [0.15, 0.2) is 0 Å². The van der Waals surface area contributed by atoms with Crippen molar-refractivity contribution in [1.82, 2.24) is 4.57 Å². The van der Waals surface area contributed by atoms with Gasteiger partial charge < -0.3 is 14.4 Å². The molecular weight excluding hydrogens is 497 g/mol. The van der Waals surface area contributed by atoms with E-state index in [-0.39, 0.29) is 17.8 Å². The van der Waals surface area contributed by atoms with E-state index in [0.717, 1.165) is 22.8 Å². The van der Waals surface area contributed by atoms with Crippen molar-refractivity contribution in [3.05, 3.63) is 117 Å². The number of alkyl halides is 3. The second-order valence-electron chi connectivity index (χ2n) is 8.71. The summed E-state index contributed by atoms with van der Waals surface area (Å²) >= 11 is 0. The van der Waals surface area contributed by atoms with Gasteiger partial charge in [-0.1, -0.05) is 23.8 Å². The zero-order valence-corrected chi connectivity index (χ0v) is 20.3. The van der Waals surface area contributed by atoms with Crippen LogP contribution in [-0.4, -0.2) is 15.6 Å². The molecule has 1 heterocycles. The Morgan fingerprint density at radius 2 is 1.58 bits per heavy atom. The van der Waals surface area contributed by atoms with Gasteiger partial charge in [0.25, 0.3) is 5.56 Å². The first-order valence-corrected chi connectivity index (χ1v) is 11.4. The van der Waals surface area contributed by atoms with Crippen molar-refractivity contribution in [3.8, 4) is 28.8 Å². The lowest BCUT2D eigenvalue weighted by Gasteiger charge is -2.19. The molecule has 4 aromatic rings. The standard InChI is InChI=1S/C29H21F3N2O4/c1-17-3-4-21(18(2)13-17)16-34-26(14-25(29(30,31)32)24(15-33)27(34)35)19-5-9-22(10-6-19)38-23-11-7-20(8-12-23)28(36)37/h3-14H,16H2,1-2H3,(H,36,37). The molecule has 0 saturated carbocycles. The quantitative estimate of drug-likeness (QED) is 0.312. The number of nitrogens with zero attached hydrogens (tertiary/aromatic N) is 2. The smallest absolute Gasteiger partial charge is 0.417 e. The molecule has 1 aromatic heterocycles. The molecule has 0 unspecified atom stereocenters. The Bertz CT molecular complexity index is 1610. The fourth-order valence-corrected chi connectivity index (χ4v) is 4.06. The first kappa shape index (κ1) is 26.2. The van der Waals surface area contributed by atoms with E-state index in [0.29, 0.717) is 17.1 Å². The number of hydrogen-bond donors (Lipinski definition) is 1. The van der Waals surface area contributed by atoms with Gasteiger partial charge in [-0.3, -0.25) is 4.79 Å². The maximum atomic E-state index is 13.8. The first-order valence-electron chi connectivity index (χ1n) is 11.4. The monoisotopic (exact) mass is 518 g/mol. The number of hydrogen-bond acceptors (Lipinski definition) is 4. The molecule has 0 bridgehead atoms. The molecule has 0 amide bonds. The minimum absolute atomic E-state index is 0.00124. The number of carboxylic acids is 1. The number of carbonyl (C=O) groups is 1. The first-order chi connectivity index (χ1) is 18.0. The van der Waals surface area contributed by atoms with Crippen molar-refractivity contribution < 1.29 is 27.8 Å². The van der Waals surface area contributed by atoms with Gasteiger partial charge in [-0.2, -0.15) is 18.4 Å². The Morgan fingerprint density at radius 1 is 0.974 bits per heavy atom. The second kappa shape index (κ2) is 10.3. The number of pyridine rings is 1. The van der Waals surface area contributed by atoms with Crippen LogP contribution in [0.1, 0.15) is 38.2 Å². The maximum Gasteiger partial charge on any atom is 0.417 e. The van der Waals surface area contributed by atoms with Crippen molar-refractivity contribution in [2.75, 3.05) is 0 Å². The van der Waals surface area contributed by atoms with Gasteiger partial charge in [0.2, 0.25) is 0 Å². The van der Waals surface area contributed by atoms with Crippen LogP contribution in [0.5, 0.6) is 11.5 Å². The molecule has 0 atom stereocenters. The molecule has 6 nitrogen and oxygen atoms in total. The Hall–Kier alpha value is -4.84. The summed E-state index contributed by atoms with van der Waals surface area (Å²) in [4.78, 5) is 24.2. The van der Waals surface area contributed by atoms with Gasteiger partial charge in [0, 0.05) is 0 Å². The number of benzene rings is 3. The molecule has 4 rings (SSSR count). The topological polar surface area (TPSA) is 92.3 Å². The van der Waals surface area contributed by atoms with E-state index in [1.54, 1.807) is 6.07 Å². The number of aryl methyl sites for hydroxylation is 2. The van der Waals surface area contributed by atoms with Gasteiger partial charge in [0.05, 0.1) is 23.4 Å². The van der Waals surface area contributed by atoms with Crippen molar-refractivity contribution in [2.24, 2.45) is 0 Å². The van der Waals surface area contributed by atoms with Crippen LogP contribution >= 0.6 is 0 Å². The van der Waals surface area contributed by atoms with Crippen LogP contribution in [0.2, 0.25) is 0 Å². The zero-order valence-electron chi connectivity index (χ0n) is 20.3. The fourth-order valence-electron chi connectivity index (χ4n) is 4.06. The molecule has 0 radical (unpaired) electrons. The van der Waals surface area contributed by atoms with Gasteiger partial charge in [-0.05, 0) is 85.1 Å². The van der Waals surface area contributed by atoms with Gasteiger partial charge >= 0.3 is 12.1 Å². The minimum Gasteiger partial charge on any atom is -0.478 e. The predicted octanol–water partition coefficient (Wildman–Crippen LogP) is 6.56. The number of nitriles is 1. The number of carboxylic acid groups (broad SMARTS) is 1. The number of aromatic nitrogens is 1. The molecule has 0 aliphatic heterocycles. The molecule has 192 valence electrons. The molecular formula is C29H21F3N2O4. The summed E-state index contributed by atoms with van der Waals surface area (Å²) in [5, 5.41) is 18.4. The summed E-state index contributed by atoms with van der Waals surface area (Å²) < 4.78 is 48.3. The summed E-state index contributed by atoms with van der Waals surface area (Å²) in [7, 11) is 0. The minimum atomic E-state index is -4.90. The van der Waals surface area contributed by atoms with E-state index in [9.17, 15) is 28.0 Å². The molecule has 3 aromatic carbocycles. The van der Waals surface area contributed by atoms with Crippen molar-refractivity contribution >= 4 is 5.97 Å². The Labute approximate surface area is 215 Å². The van der Waals surface area contributed by atoms with E-state index in [2.05, 4.69) is 0 Å². The lowest BCUT2D eigenvalue weighted by Crippen LogP contribution is -2.29. The second-order valence-corrected chi connectivity index (χ2v) is 8.71. The molecule has 0 fully saturated rings. The fraction of sp³-hybridized carbons (Fsp3) is 0.138. The third-order valence-corrected chi connectivity index (χ3v) is 6.03. The third kappa shape index (κ3) is 5.44. The molecule has 0 aliphatic rings. The van der Waals surface area contributed by atoms with Crippen LogP contribution < -0.4 is 10.3 Å². The van der Waals surface area contributed by atoms with Crippen molar-refractivity contribution in [1.29, 1.82) is 5.26 Å². The largest absolute Gasteiger partial charge is 0.478 e. The third-order valence-electron chi connectivity index (χ3n) is 6.03. The Morgan fingerprint density at radius 3 is 2.11 bits per heavy atom. The molecule has 9 heteroatoms. The highest BCUT2D eigenvalue weighted by molar-refractivity contribution is 5.87. The van der Waals surface area contributed by atoms with Crippen LogP contribution in [0.3, 0.4) is 0 Å². The van der Waals surface area contributed by atoms with E-state index >= 15 is 0 Å². The summed E-state index contributed by atoms with van der Waals surface area (Å²) in [6.45, 7) is 3.73.